The molecule has 1 heterocycles. The number of ether oxygens (including phenoxy) is 1. The Labute approximate surface area is 86.1 Å². The Kier molecular flexibility index (Phi) is 2.11. The van der Waals surface area contributed by atoms with Crippen LogP contribution in [0.1, 0.15) is 17.3 Å². The van der Waals surface area contributed by atoms with Gasteiger partial charge in [0.1, 0.15) is 12.0 Å². The van der Waals surface area contributed by atoms with E-state index in [1.165, 1.54) is 32.4 Å². The van der Waals surface area contributed by atoms with Gasteiger partial charge in [-0.25, -0.2) is 0 Å². The molecule has 0 aliphatic carbocycles. The molecule has 0 amide bonds. The third-order valence-electron chi connectivity index (χ3n) is 2.22. The van der Waals surface area contributed by atoms with E-state index in [1.54, 1.807) is 0 Å². The van der Waals surface area contributed by atoms with E-state index in [2.05, 4.69) is 0 Å². The molecule has 78 valence electrons. The lowest BCUT2D eigenvalue weighted by molar-refractivity contribution is 0.101. The molecule has 0 atom stereocenters. The highest BCUT2D eigenvalue weighted by Crippen LogP contribution is 2.33. The zero-order valence-corrected chi connectivity index (χ0v) is 8.40. The van der Waals surface area contributed by atoms with Crippen molar-refractivity contribution >= 4 is 16.8 Å². The van der Waals surface area contributed by atoms with E-state index in [4.69, 9.17) is 9.15 Å². The monoisotopic (exact) mass is 206 g/mol. The minimum absolute atomic E-state index is 0.0447. The molecule has 0 fully saturated rings. The maximum atomic E-state index is 11.2. The first-order valence-corrected chi connectivity index (χ1v) is 4.42. The van der Waals surface area contributed by atoms with Gasteiger partial charge in [0.05, 0.1) is 12.7 Å². The van der Waals surface area contributed by atoms with Crippen LogP contribution >= 0.6 is 0 Å². The third-order valence-corrected chi connectivity index (χ3v) is 2.22. The Morgan fingerprint density at radius 2 is 2.20 bits per heavy atom. The summed E-state index contributed by atoms with van der Waals surface area (Å²) in [4.78, 5) is 11.2. The van der Waals surface area contributed by atoms with Gasteiger partial charge in [-0.3, -0.25) is 4.79 Å². The maximum absolute atomic E-state index is 11.2. The Bertz CT molecular complexity index is 525. The number of phenols is 1. The highest BCUT2D eigenvalue weighted by Gasteiger charge is 2.14. The van der Waals surface area contributed by atoms with Crippen LogP contribution in [-0.4, -0.2) is 18.0 Å². The number of benzene rings is 1. The van der Waals surface area contributed by atoms with Crippen molar-refractivity contribution in [2.45, 2.75) is 6.92 Å². The number of rotatable bonds is 2. The van der Waals surface area contributed by atoms with Crippen molar-refractivity contribution in [2.24, 2.45) is 0 Å². The second kappa shape index (κ2) is 3.31. The van der Waals surface area contributed by atoms with Gasteiger partial charge in [-0.05, 0) is 13.0 Å². The minimum atomic E-state index is -0.110. The number of phenolic OH excluding ortho intramolecular Hbond substituents is 1. The van der Waals surface area contributed by atoms with Crippen LogP contribution in [0.3, 0.4) is 0 Å². The summed E-state index contributed by atoms with van der Waals surface area (Å²) in [6.45, 7) is 1.45. The lowest BCUT2D eigenvalue weighted by atomic mass is 10.1. The van der Waals surface area contributed by atoms with E-state index in [9.17, 15) is 9.90 Å². The summed E-state index contributed by atoms with van der Waals surface area (Å²) < 4.78 is 10.3. The van der Waals surface area contributed by atoms with Crippen LogP contribution in [-0.2, 0) is 0 Å². The van der Waals surface area contributed by atoms with E-state index < -0.39 is 0 Å². The van der Waals surface area contributed by atoms with Gasteiger partial charge in [0.25, 0.3) is 0 Å². The number of furan rings is 1. The lowest BCUT2D eigenvalue weighted by Crippen LogP contribution is -1.89. The molecule has 1 aromatic heterocycles. The standard InChI is InChI=1S/C11H10O4/c1-6(12)9-5-15-11-8(9)3-7(13)4-10(11)14-2/h3-5,13H,1-2H3. The van der Waals surface area contributed by atoms with Crippen molar-refractivity contribution in [1.82, 2.24) is 0 Å². The summed E-state index contributed by atoms with van der Waals surface area (Å²) in [5.74, 6) is 0.349. The molecule has 0 aliphatic heterocycles. The Balaban J connectivity index is 2.80. The Morgan fingerprint density at radius 3 is 2.80 bits per heavy atom. The first-order valence-electron chi connectivity index (χ1n) is 4.42. The molecule has 2 aromatic rings. The smallest absolute Gasteiger partial charge is 0.176 e. The summed E-state index contributed by atoms with van der Waals surface area (Å²) >= 11 is 0. The van der Waals surface area contributed by atoms with Gasteiger partial charge in [0.15, 0.2) is 17.1 Å². The third kappa shape index (κ3) is 1.44. The zero-order valence-electron chi connectivity index (χ0n) is 8.40. The van der Waals surface area contributed by atoms with Crippen molar-refractivity contribution in [1.29, 1.82) is 0 Å². The lowest BCUT2D eigenvalue weighted by Gasteiger charge is -2.01. The first-order chi connectivity index (χ1) is 7.13. The van der Waals surface area contributed by atoms with Crippen molar-refractivity contribution in [3.8, 4) is 11.5 Å². The van der Waals surface area contributed by atoms with Crippen molar-refractivity contribution in [3.05, 3.63) is 24.0 Å². The van der Waals surface area contributed by atoms with Crippen LogP contribution in [0.4, 0.5) is 0 Å². The summed E-state index contributed by atoms with van der Waals surface area (Å²) in [6.07, 6.45) is 1.37. The molecule has 1 N–H and O–H groups in total. The second-order valence-corrected chi connectivity index (χ2v) is 3.23. The average Bonchev–Trinajstić information content (AvgIpc) is 2.59. The molecule has 2 rings (SSSR count). The molecule has 1 aromatic carbocycles. The van der Waals surface area contributed by atoms with Crippen LogP contribution in [0.2, 0.25) is 0 Å². The van der Waals surface area contributed by atoms with Crippen LogP contribution in [0.5, 0.6) is 11.5 Å². The normalized spacial score (nSPS) is 10.5. The molecule has 4 nitrogen and oxygen atoms in total. The highest BCUT2D eigenvalue weighted by atomic mass is 16.5. The van der Waals surface area contributed by atoms with E-state index >= 15 is 0 Å². The highest BCUT2D eigenvalue weighted by molar-refractivity contribution is 6.07. The number of Topliss-reactive ketones (excluding diaryl/α,β-unsaturated/α-hetero) is 1. The molecule has 0 unspecified atom stereocenters. The summed E-state index contributed by atoms with van der Waals surface area (Å²) in [5, 5.41) is 10.0. The van der Waals surface area contributed by atoms with Crippen LogP contribution in [0.15, 0.2) is 22.8 Å². The van der Waals surface area contributed by atoms with Crippen LogP contribution in [0, 0.1) is 0 Å². The van der Waals surface area contributed by atoms with Crippen molar-refractivity contribution in [3.63, 3.8) is 0 Å². The number of ketones is 1. The van der Waals surface area contributed by atoms with E-state index in [-0.39, 0.29) is 11.5 Å². The van der Waals surface area contributed by atoms with Gasteiger partial charge >= 0.3 is 0 Å². The van der Waals surface area contributed by atoms with Gasteiger partial charge in [-0.15, -0.1) is 0 Å². The van der Waals surface area contributed by atoms with E-state index in [1.807, 2.05) is 0 Å². The largest absolute Gasteiger partial charge is 0.508 e. The molecule has 0 aliphatic rings. The molecule has 4 heteroatoms. The predicted octanol–water partition coefficient (Wildman–Crippen LogP) is 2.35. The number of aromatic hydroxyl groups is 1. The molecule has 0 saturated carbocycles. The molecule has 0 saturated heterocycles. The fourth-order valence-electron chi connectivity index (χ4n) is 1.51. The van der Waals surface area contributed by atoms with Crippen LogP contribution in [0.25, 0.3) is 11.0 Å². The topological polar surface area (TPSA) is 59.7 Å². The Hall–Kier alpha value is -1.97. The quantitative estimate of drug-likeness (QED) is 0.766. The number of carbonyl (C=O) groups is 1. The second-order valence-electron chi connectivity index (χ2n) is 3.23. The summed E-state index contributed by atoms with van der Waals surface area (Å²) in [6, 6.07) is 2.92. The van der Waals surface area contributed by atoms with Gasteiger partial charge < -0.3 is 14.3 Å². The van der Waals surface area contributed by atoms with E-state index in [0.29, 0.717) is 22.3 Å². The van der Waals surface area contributed by atoms with Crippen LogP contribution < -0.4 is 4.74 Å². The number of hydrogen-bond donors (Lipinski definition) is 1. The summed E-state index contributed by atoms with van der Waals surface area (Å²) in [7, 11) is 1.48. The number of carbonyl (C=O) groups excluding carboxylic acids is 1. The van der Waals surface area contributed by atoms with Gasteiger partial charge in [0.2, 0.25) is 0 Å². The molecule has 0 spiro atoms. The SMILES string of the molecule is COc1cc(O)cc2c(C(C)=O)coc12. The molecule has 0 bridgehead atoms. The van der Waals surface area contributed by atoms with Gasteiger partial charge in [-0.1, -0.05) is 0 Å². The zero-order chi connectivity index (χ0) is 11.0. The van der Waals surface area contributed by atoms with Crippen molar-refractivity contribution < 1.29 is 19.1 Å². The van der Waals surface area contributed by atoms with Gasteiger partial charge in [0, 0.05) is 11.5 Å². The molecule has 0 radical (unpaired) electrons. The fraction of sp³-hybridized carbons (Fsp3) is 0.182. The summed E-state index contributed by atoms with van der Waals surface area (Å²) in [5.41, 5.74) is 0.916. The molecular weight excluding hydrogens is 196 g/mol. The number of methoxy groups -OCH3 is 1. The fourth-order valence-corrected chi connectivity index (χ4v) is 1.51. The molecular formula is C11H10O4. The van der Waals surface area contributed by atoms with Gasteiger partial charge in [-0.2, -0.15) is 0 Å². The number of hydrogen-bond acceptors (Lipinski definition) is 4. The minimum Gasteiger partial charge on any atom is -0.508 e. The van der Waals surface area contributed by atoms with Crippen molar-refractivity contribution in [2.75, 3.05) is 7.11 Å². The Morgan fingerprint density at radius 1 is 1.47 bits per heavy atom. The molecule has 15 heavy (non-hydrogen) atoms. The first kappa shape index (κ1) is 9.58. The number of fused-ring (bicyclic) bond motifs is 1. The van der Waals surface area contributed by atoms with E-state index in [0.717, 1.165) is 0 Å². The predicted molar refractivity (Wildman–Crippen MR) is 54.4 cm³/mol. The average molecular weight is 206 g/mol. The maximum Gasteiger partial charge on any atom is 0.176 e.